The van der Waals surface area contributed by atoms with E-state index in [1.165, 1.54) is 0 Å². The first-order valence-electron chi connectivity index (χ1n) is 5.92. The molecule has 1 aromatic rings. The monoisotopic (exact) mass is 246 g/mol. The number of benzene rings is 1. The van der Waals surface area contributed by atoms with Gasteiger partial charge in [-0.2, -0.15) is 5.26 Å². The molecule has 0 aliphatic rings. The molecule has 0 saturated carbocycles. The summed E-state index contributed by atoms with van der Waals surface area (Å²) in [4.78, 5) is 11.7. The van der Waals surface area contributed by atoms with Crippen molar-refractivity contribution < 1.29 is 4.79 Å². The smallest absolute Gasteiger partial charge is 0.242 e. The summed E-state index contributed by atoms with van der Waals surface area (Å²) in [5, 5.41) is 14.6. The van der Waals surface area contributed by atoms with Crippen LogP contribution in [-0.2, 0) is 4.79 Å². The fourth-order valence-electron chi connectivity index (χ4n) is 1.46. The molecule has 96 valence electrons. The van der Waals surface area contributed by atoms with Crippen molar-refractivity contribution in [2.45, 2.75) is 26.3 Å². The van der Waals surface area contributed by atoms with Gasteiger partial charge in [0.25, 0.3) is 0 Å². The van der Waals surface area contributed by atoms with Crippen LogP contribution in [0.4, 0.5) is 11.4 Å². The average Bonchev–Trinajstić information content (AvgIpc) is 2.38. The summed E-state index contributed by atoms with van der Waals surface area (Å²) in [5.41, 5.74) is 7.42. The molecule has 0 saturated heterocycles. The van der Waals surface area contributed by atoms with Crippen LogP contribution in [0.25, 0.3) is 0 Å². The van der Waals surface area contributed by atoms with E-state index in [2.05, 4.69) is 10.6 Å². The SMILES string of the molecule is CCCNC(=O)C(C)Nc1ccc(C#N)cc1N. The first kappa shape index (κ1) is 13.8. The van der Waals surface area contributed by atoms with Gasteiger partial charge in [0.15, 0.2) is 0 Å². The third kappa shape index (κ3) is 3.67. The molecule has 1 atom stereocenters. The zero-order chi connectivity index (χ0) is 13.5. The molecule has 0 aliphatic heterocycles. The number of carbonyl (C=O) groups excluding carboxylic acids is 1. The predicted molar refractivity (Wildman–Crippen MR) is 72.0 cm³/mol. The van der Waals surface area contributed by atoms with E-state index in [0.29, 0.717) is 23.5 Å². The number of rotatable bonds is 5. The van der Waals surface area contributed by atoms with E-state index in [4.69, 9.17) is 11.0 Å². The Morgan fingerprint density at radius 1 is 1.56 bits per heavy atom. The minimum absolute atomic E-state index is 0.0689. The van der Waals surface area contributed by atoms with Crippen LogP contribution in [0.1, 0.15) is 25.8 Å². The van der Waals surface area contributed by atoms with E-state index >= 15 is 0 Å². The number of anilines is 2. The highest BCUT2D eigenvalue weighted by Crippen LogP contribution is 2.20. The predicted octanol–water partition coefficient (Wildman–Crippen LogP) is 1.47. The Bertz CT molecular complexity index is 465. The topological polar surface area (TPSA) is 90.9 Å². The molecular formula is C13H18N4O. The second-order valence-corrected chi connectivity index (χ2v) is 4.07. The standard InChI is InChI=1S/C13H18N4O/c1-3-6-16-13(18)9(2)17-12-5-4-10(8-14)7-11(12)15/h4-5,7,9,17H,3,6,15H2,1-2H3,(H,16,18). The Morgan fingerprint density at radius 3 is 2.83 bits per heavy atom. The number of amides is 1. The Labute approximate surface area is 107 Å². The molecule has 0 bridgehead atoms. The lowest BCUT2D eigenvalue weighted by Crippen LogP contribution is -2.38. The highest BCUT2D eigenvalue weighted by Gasteiger charge is 2.12. The third-order valence-electron chi connectivity index (χ3n) is 2.50. The number of hydrogen-bond donors (Lipinski definition) is 3. The summed E-state index contributed by atoms with van der Waals surface area (Å²) in [5.74, 6) is -0.0689. The van der Waals surface area contributed by atoms with Gasteiger partial charge < -0.3 is 16.4 Å². The maximum atomic E-state index is 11.7. The molecule has 0 heterocycles. The van der Waals surface area contributed by atoms with E-state index in [-0.39, 0.29) is 11.9 Å². The quantitative estimate of drug-likeness (QED) is 0.686. The molecule has 1 aromatic carbocycles. The van der Waals surface area contributed by atoms with Crippen molar-refractivity contribution in [2.75, 3.05) is 17.6 Å². The zero-order valence-electron chi connectivity index (χ0n) is 10.7. The maximum Gasteiger partial charge on any atom is 0.242 e. The lowest BCUT2D eigenvalue weighted by Gasteiger charge is -2.16. The number of carbonyl (C=O) groups is 1. The summed E-state index contributed by atoms with van der Waals surface area (Å²) >= 11 is 0. The molecule has 1 unspecified atom stereocenters. The molecule has 0 aliphatic carbocycles. The van der Waals surface area contributed by atoms with Crippen molar-refractivity contribution in [3.63, 3.8) is 0 Å². The van der Waals surface area contributed by atoms with Gasteiger partial charge in [0.2, 0.25) is 5.91 Å². The van der Waals surface area contributed by atoms with Gasteiger partial charge in [0.05, 0.1) is 23.0 Å². The van der Waals surface area contributed by atoms with Crippen molar-refractivity contribution in [3.8, 4) is 6.07 Å². The van der Waals surface area contributed by atoms with Gasteiger partial charge in [0, 0.05) is 6.54 Å². The molecule has 5 nitrogen and oxygen atoms in total. The summed E-state index contributed by atoms with van der Waals surface area (Å²) in [7, 11) is 0. The normalized spacial score (nSPS) is 11.4. The van der Waals surface area contributed by atoms with Crippen molar-refractivity contribution in [1.82, 2.24) is 5.32 Å². The fraction of sp³-hybridized carbons (Fsp3) is 0.385. The first-order valence-corrected chi connectivity index (χ1v) is 5.92. The highest BCUT2D eigenvalue weighted by atomic mass is 16.2. The minimum Gasteiger partial charge on any atom is -0.397 e. The molecule has 0 aromatic heterocycles. The second kappa shape index (κ2) is 6.50. The van der Waals surface area contributed by atoms with Crippen LogP contribution in [0.2, 0.25) is 0 Å². The molecule has 18 heavy (non-hydrogen) atoms. The number of nitrogens with zero attached hydrogens (tertiary/aromatic N) is 1. The Balaban J connectivity index is 2.67. The maximum absolute atomic E-state index is 11.7. The van der Waals surface area contributed by atoms with E-state index in [1.807, 2.05) is 13.0 Å². The van der Waals surface area contributed by atoms with Crippen LogP contribution < -0.4 is 16.4 Å². The molecule has 0 radical (unpaired) electrons. The van der Waals surface area contributed by atoms with E-state index < -0.39 is 0 Å². The van der Waals surface area contributed by atoms with Gasteiger partial charge in [-0.15, -0.1) is 0 Å². The summed E-state index contributed by atoms with van der Waals surface area (Å²) in [6.07, 6.45) is 0.900. The molecule has 0 fully saturated rings. The number of hydrogen-bond acceptors (Lipinski definition) is 4. The van der Waals surface area contributed by atoms with Crippen molar-refractivity contribution >= 4 is 17.3 Å². The third-order valence-corrected chi connectivity index (χ3v) is 2.50. The second-order valence-electron chi connectivity index (χ2n) is 4.07. The highest BCUT2D eigenvalue weighted by molar-refractivity contribution is 5.85. The molecule has 5 heteroatoms. The fourth-order valence-corrected chi connectivity index (χ4v) is 1.46. The first-order chi connectivity index (χ1) is 8.58. The lowest BCUT2D eigenvalue weighted by atomic mass is 10.1. The van der Waals surface area contributed by atoms with Crippen molar-refractivity contribution in [2.24, 2.45) is 0 Å². The zero-order valence-corrected chi connectivity index (χ0v) is 10.7. The van der Waals surface area contributed by atoms with Gasteiger partial charge in [-0.05, 0) is 31.5 Å². The molecule has 1 amide bonds. The van der Waals surface area contributed by atoms with Gasteiger partial charge in [-0.3, -0.25) is 4.79 Å². The molecule has 0 spiro atoms. The van der Waals surface area contributed by atoms with Gasteiger partial charge in [-0.25, -0.2) is 0 Å². The minimum atomic E-state index is -0.369. The number of nitriles is 1. The summed E-state index contributed by atoms with van der Waals surface area (Å²) < 4.78 is 0. The largest absolute Gasteiger partial charge is 0.397 e. The van der Waals surface area contributed by atoms with Gasteiger partial charge in [-0.1, -0.05) is 6.92 Å². The summed E-state index contributed by atoms with van der Waals surface area (Å²) in [6, 6.07) is 6.59. The molecule has 4 N–H and O–H groups in total. The van der Waals surface area contributed by atoms with E-state index in [0.717, 1.165) is 6.42 Å². The van der Waals surface area contributed by atoms with Gasteiger partial charge in [0.1, 0.15) is 6.04 Å². The van der Waals surface area contributed by atoms with Crippen LogP contribution in [0.15, 0.2) is 18.2 Å². The van der Waals surface area contributed by atoms with Crippen LogP contribution >= 0.6 is 0 Å². The lowest BCUT2D eigenvalue weighted by molar-refractivity contribution is -0.121. The van der Waals surface area contributed by atoms with E-state index in [9.17, 15) is 4.79 Å². The number of nitrogens with one attached hydrogen (secondary N) is 2. The van der Waals surface area contributed by atoms with Gasteiger partial charge >= 0.3 is 0 Å². The Hall–Kier alpha value is -2.22. The van der Waals surface area contributed by atoms with Crippen molar-refractivity contribution in [1.29, 1.82) is 5.26 Å². The number of nitrogens with two attached hydrogens (primary N) is 1. The van der Waals surface area contributed by atoms with Crippen molar-refractivity contribution in [3.05, 3.63) is 23.8 Å². The van der Waals surface area contributed by atoms with Crippen LogP contribution in [-0.4, -0.2) is 18.5 Å². The van der Waals surface area contributed by atoms with Crippen LogP contribution in [0.5, 0.6) is 0 Å². The number of nitrogen functional groups attached to an aromatic ring is 1. The van der Waals surface area contributed by atoms with Crippen LogP contribution in [0, 0.1) is 11.3 Å². The van der Waals surface area contributed by atoms with E-state index in [1.54, 1.807) is 25.1 Å². The Kier molecular flexibility index (Phi) is 5.00. The Morgan fingerprint density at radius 2 is 2.28 bits per heavy atom. The molecular weight excluding hydrogens is 228 g/mol. The summed E-state index contributed by atoms with van der Waals surface area (Å²) in [6.45, 7) is 4.42. The molecule has 1 rings (SSSR count). The average molecular weight is 246 g/mol. The van der Waals surface area contributed by atoms with Crippen LogP contribution in [0.3, 0.4) is 0 Å².